The van der Waals surface area contributed by atoms with Gasteiger partial charge in [0.15, 0.2) is 0 Å². The van der Waals surface area contributed by atoms with Crippen LogP contribution in [0.5, 0.6) is 0 Å². The van der Waals surface area contributed by atoms with Crippen molar-refractivity contribution in [1.82, 2.24) is 0 Å². The minimum atomic E-state index is -1.01. The Labute approximate surface area is 117 Å². The monoisotopic (exact) mass is 271 g/mol. The topological polar surface area (TPSA) is 69.6 Å². The summed E-state index contributed by atoms with van der Waals surface area (Å²) in [4.78, 5) is 10.9. The van der Waals surface area contributed by atoms with Crippen LogP contribution in [0.2, 0.25) is 0 Å². The lowest BCUT2D eigenvalue weighted by molar-refractivity contribution is -0.114. The predicted molar refractivity (Wildman–Crippen MR) is 77.1 cm³/mol. The number of rotatable bonds is 4. The Morgan fingerprint density at radius 3 is 1.90 bits per heavy atom. The van der Waals surface area contributed by atoms with Crippen molar-refractivity contribution in [3.63, 3.8) is 0 Å². The van der Waals surface area contributed by atoms with Crippen LogP contribution in [0.1, 0.15) is 30.3 Å². The number of nitrogens with one attached hydrogen (secondary N) is 1. The summed E-state index contributed by atoms with van der Waals surface area (Å²) in [5, 5.41) is 23.0. The molecule has 1 amide bonds. The van der Waals surface area contributed by atoms with Gasteiger partial charge in [0.25, 0.3) is 0 Å². The summed E-state index contributed by atoms with van der Waals surface area (Å²) in [6.07, 6.45) is -1.99. The maximum Gasteiger partial charge on any atom is 0.221 e. The third-order valence-electron chi connectivity index (χ3n) is 3.01. The quantitative estimate of drug-likeness (QED) is 0.799. The highest BCUT2D eigenvalue weighted by molar-refractivity contribution is 5.88. The van der Waals surface area contributed by atoms with Crippen molar-refractivity contribution in [1.29, 1.82) is 0 Å². The lowest BCUT2D eigenvalue weighted by Crippen LogP contribution is -2.11. The van der Waals surface area contributed by atoms with Crippen molar-refractivity contribution in [3.05, 3.63) is 65.7 Å². The molecule has 2 aromatic carbocycles. The van der Waals surface area contributed by atoms with Crippen LogP contribution in [0.15, 0.2) is 54.6 Å². The van der Waals surface area contributed by atoms with Crippen LogP contribution in [0.3, 0.4) is 0 Å². The summed E-state index contributed by atoms with van der Waals surface area (Å²) >= 11 is 0. The van der Waals surface area contributed by atoms with Gasteiger partial charge in [0.05, 0.1) is 0 Å². The van der Waals surface area contributed by atoms with E-state index in [9.17, 15) is 15.0 Å². The third kappa shape index (κ3) is 3.44. The van der Waals surface area contributed by atoms with Gasteiger partial charge in [-0.25, -0.2) is 0 Å². The Balaban J connectivity index is 2.13. The van der Waals surface area contributed by atoms with Gasteiger partial charge < -0.3 is 15.5 Å². The molecule has 0 heterocycles. The molecule has 0 aliphatic carbocycles. The number of carbonyl (C=O) groups excluding carboxylic acids is 1. The van der Waals surface area contributed by atoms with Gasteiger partial charge in [-0.05, 0) is 23.3 Å². The summed E-state index contributed by atoms with van der Waals surface area (Å²) < 4.78 is 0. The molecule has 104 valence electrons. The second-order valence-electron chi connectivity index (χ2n) is 4.60. The molecule has 4 nitrogen and oxygen atoms in total. The van der Waals surface area contributed by atoms with Gasteiger partial charge in [-0.1, -0.05) is 42.5 Å². The van der Waals surface area contributed by atoms with Crippen LogP contribution in [0.25, 0.3) is 0 Å². The largest absolute Gasteiger partial charge is 0.385 e. The summed E-state index contributed by atoms with van der Waals surface area (Å²) in [5.74, 6) is -0.150. The normalized spacial score (nSPS) is 13.6. The number of aliphatic hydroxyl groups excluding tert-OH is 2. The third-order valence-corrected chi connectivity index (χ3v) is 3.01. The maximum atomic E-state index is 10.9. The summed E-state index contributed by atoms with van der Waals surface area (Å²) in [6.45, 7) is 1.43. The van der Waals surface area contributed by atoms with Crippen molar-refractivity contribution in [2.45, 2.75) is 19.1 Å². The first-order chi connectivity index (χ1) is 9.58. The standard InChI is InChI=1S/C16H17NO3/c1-11(18)17-14-9-7-13(8-10-14)16(20)15(19)12-5-3-2-4-6-12/h2-10,15-16,19-20H,1H3,(H,17,18)/t15-,16+/m1/s1. The second-order valence-corrected chi connectivity index (χ2v) is 4.60. The number of hydrogen-bond acceptors (Lipinski definition) is 3. The van der Waals surface area contributed by atoms with Crippen LogP contribution < -0.4 is 5.32 Å². The first-order valence-electron chi connectivity index (χ1n) is 6.36. The molecule has 0 aliphatic rings. The molecule has 0 bridgehead atoms. The fraction of sp³-hybridized carbons (Fsp3) is 0.188. The van der Waals surface area contributed by atoms with E-state index in [1.807, 2.05) is 18.2 Å². The van der Waals surface area contributed by atoms with E-state index in [1.54, 1.807) is 36.4 Å². The molecule has 0 saturated heterocycles. The highest BCUT2D eigenvalue weighted by Gasteiger charge is 2.19. The molecule has 0 aromatic heterocycles. The van der Waals surface area contributed by atoms with Gasteiger partial charge >= 0.3 is 0 Å². The number of anilines is 1. The van der Waals surface area contributed by atoms with Crippen molar-refractivity contribution in [2.24, 2.45) is 0 Å². The van der Waals surface area contributed by atoms with E-state index < -0.39 is 12.2 Å². The number of benzene rings is 2. The highest BCUT2D eigenvalue weighted by atomic mass is 16.3. The molecule has 0 unspecified atom stereocenters. The SMILES string of the molecule is CC(=O)Nc1ccc([C@H](O)[C@H](O)c2ccccc2)cc1. The molecule has 0 fully saturated rings. The lowest BCUT2D eigenvalue weighted by Gasteiger charge is -2.18. The van der Waals surface area contributed by atoms with E-state index in [0.717, 1.165) is 0 Å². The molecule has 2 rings (SSSR count). The summed E-state index contributed by atoms with van der Waals surface area (Å²) in [7, 11) is 0. The predicted octanol–water partition coefficient (Wildman–Crippen LogP) is 2.41. The van der Waals surface area contributed by atoms with Crippen LogP contribution in [-0.2, 0) is 4.79 Å². The van der Waals surface area contributed by atoms with Gasteiger partial charge in [0, 0.05) is 12.6 Å². The zero-order valence-corrected chi connectivity index (χ0v) is 11.2. The van der Waals surface area contributed by atoms with Gasteiger partial charge in [0.2, 0.25) is 5.91 Å². The van der Waals surface area contributed by atoms with E-state index in [1.165, 1.54) is 6.92 Å². The minimum absolute atomic E-state index is 0.150. The molecule has 0 aliphatic heterocycles. The van der Waals surface area contributed by atoms with Crippen LogP contribution in [-0.4, -0.2) is 16.1 Å². The van der Waals surface area contributed by atoms with E-state index in [-0.39, 0.29) is 5.91 Å². The molecule has 4 heteroatoms. The van der Waals surface area contributed by atoms with Gasteiger partial charge in [0.1, 0.15) is 12.2 Å². The van der Waals surface area contributed by atoms with Gasteiger partial charge in [-0.2, -0.15) is 0 Å². The molecule has 0 spiro atoms. The van der Waals surface area contributed by atoms with E-state index >= 15 is 0 Å². The zero-order chi connectivity index (χ0) is 14.5. The molecule has 2 aromatic rings. The molecular formula is C16H17NO3. The van der Waals surface area contributed by atoms with Crippen molar-refractivity contribution in [2.75, 3.05) is 5.32 Å². The zero-order valence-electron chi connectivity index (χ0n) is 11.2. The van der Waals surface area contributed by atoms with Crippen molar-refractivity contribution < 1.29 is 15.0 Å². The molecule has 0 saturated carbocycles. The average molecular weight is 271 g/mol. The number of hydrogen-bond donors (Lipinski definition) is 3. The lowest BCUT2D eigenvalue weighted by atomic mass is 9.98. The number of aliphatic hydroxyl groups is 2. The first kappa shape index (κ1) is 14.2. The van der Waals surface area contributed by atoms with Crippen LogP contribution in [0.4, 0.5) is 5.69 Å². The van der Waals surface area contributed by atoms with E-state index in [2.05, 4.69) is 5.32 Å². The smallest absolute Gasteiger partial charge is 0.221 e. The van der Waals surface area contributed by atoms with Crippen LogP contribution in [0, 0.1) is 0 Å². The Morgan fingerprint density at radius 1 is 0.900 bits per heavy atom. The number of carbonyl (C=O) groups is 1. The minimum Gasteiger partial charge on any atom is -0.385 e. The Kier molecular flexibility index (Phi) is 4.50. The fourth-order valence-corrected chi connectivity index (χ4v) is 1.98. The molecule has 2 atom stereocenters. The Bertz CT molecular complexity index is 566. The second kappa shape index (κ2) is 6.32. The van der Waals surface area contributed by atoms with E-state index in [4.69, 9.17) is 0 Å². The first-order valence-corrected chi connectivity index (χ1v) is 6.36. The fourth-order valence-electron chi connectivity index (χ4n) is 1.98. The van der Waals surface area contributed by atoms with Gasteiger partial charge in [-0.15, -0.1) is 0 Å². The van der Waals surface area contributed by atoms with Crippen molar-refractivity contribution >= 4 is 11.6 Å². The van der Waals surface area contributed by atoms with Crippen LogP contribution >= 0.6 is 0 Å². The highest BCUT2D eigenvalue weighted by Crippen LogP contribution is 2.29. The average Bonchev–Trinajstić information content (AvgIpc) is 2.47. The Morgan fingerprint density at radius 2 is 1.40 bits per heavy atom. The molecule has 20 heavy (non-hydrogen) atoms. The maximum absolute atomic E-state index is 10.9. The van der Waals surface area contributed by atoms with Crippen molar-refractivity contribution in [3.8, 4) is 0 Å². The van der Waals surface area contributed by atoms with Gasteiger partial charge in [-0.3, -0.25) is 4.79 Å². The van der Waals surface area contributed by atoms with E-state index in [0.29, 0.717) is 16.8 Å². The summed E-state index contributed by atoms with van der Waals surface area (Å²) in [6, 6.07) is 15.7. The Hall–Kier alpha value is -2.17. The number of amides is 1. The molecular weight excluding hydrogens is 254 g/mol. The molecule has 0 radical (unpaired) electrons. The summed E-state index contributed by atoms with van der Waals surface area (Å²) in [5.41, 5.74) is 1.91. The molecule has 3 N–H and O–H groups in total.